The average Bonchev–Trinajstić information content (AvgIpc) is 2.79. The molecule has 1 N–H and O–H groups in total. The smallest absolute Gasteiger partial charge is 0.243 e. The number of amides is 1. The zero-order chi connectivity index (χ0) is 22.4. The van der Waals surface area contributed by atoms with Crippen LogP contribution in [0.2, 0.25) is 0 Å². The van der Waals surface area contributed by atoms with E-state index in [-0.39, 0.29) is 29.4 Å². The second kappa shape index (κ2) is 10.7. The van der Waals surface area contributed by atoms with E-state index in [4.69, 9.17) is 9.47 Å². The van der Waals surface area contributed by atoms with Gasteiger partial charge in [-0.15, -0.1) is 0 Å². The molecule has 0 radical (unpaired) electrons. The molecular formula is C22H35N3O5S. The van der Waals surface area contributed by atoms with E-state index in [0.29, 0.717) is 11.5 Å². The molecule has 1 amide bonds. The van der Waals surface area contributed by atoms with E-state index >= 15 is 0 Å². The molecule has 9 heteroatoms. The van der Waals surface area contributed by atoms with E-state index in [1.54, 1.807) is 6.07 Å². The van der Waals surface area contributed by atoms with E-state index in [9.17, 15) is 13.2 Å². The Bertz CT molecular complexity index is 847. The minimum absolute atomic E-state index is 0.0979. The van der Waals surface area contributed by atoms with Crippen molar-refractivity contribution >= 4 is 15.9 Å². The first kappa shape index (κ1) is 23.8. The van der Waals surface area contributed by atoms with Crippen LogP contribution in [0, 0.1) is 0 Å². The number of carbonyl (C=O) groups is 1. The molecule has 1 aliphatic carbocycles. The van der Waals surface area contributed by atoms with Gasteiger partial charge >= 0.3 is 0 Å². The number of carbonyl (C=O) groups excluding carboxylic acids is 1. The third kappa shape index (κ3) is 5.90. The van der Waals surface area contributed by atoms with E-state index in [1.807, 2.05) is 0 Å². The van der Waals surface area contributed by atoms with Crippen LogP contribution in [0.3, 0.4) is 0 Å². The number of hydrogen-bond donors (Lipinski definition) is 1. The number of benzene rings is 1. The van der Waals surface area contributed by atoms with Crippen molar-refractivity contribution in [3.8, 4) is 11.5 Å². The molecule has 3 rings (SSSR count). The van der Waals surface area contributed by atoms with Gasteiger partial charge in [0.25, 0.3) is 0 Å². The van der Waals surface area contributed by atoms with Gasteiger partial charge in [0, 0.05) is 18.2 Å². The van der Waals surface area contributed by atoms with Gasteiger partial charge in [0.2, 0.25) is 15.9 Å². The Labute approximate surface area is 185 Å². The normalized spacial score (nSPS) is 19.4. The number of methoxy groups -OCH3 is 2. The quantitative estimate of drug-likeness (QED) is 0.650. The molecule has 0 unspecified atom stereocenters. The average molecular weight is 454 g/mol. The molecule has 1 aromatic rings. The van der Waals surface area contributed by atoms with Gasteiger partial charge in [-0.1, -0.05) is 19.3 Å². The summed E-state index contributed by atoms with van der Waals surface area (Å²) in [6.45, 7) is 1.70. The van der Waals surface area contributed by atoms with Crippen molar-refractivity contribution in [1.82, 2.24) is 14.5 Å². The van der Waals surface area contributed by atoms with Crippen LogP contribution in [0.5, 0.6) is 11.5 Å². The maximum absolute atomic E-state index is 13.6. The van der Waals surface area contributed by atoms with Crippen molar-refractivity contribution in [2.45, 2.75) is 61.9 Å². The second-order valence-corrected chi connectivity index (χ2v) is 10.4. The predicted molar refractivity (Wildman–Crippen MR) is 119 cm³/mol. The number of rotatable bonds is 8. The number of sulfonamides is 1. The van der Waals surface area contributed by atoms with Crippen LogP contribution < -0.4 is 14.8 Å². The summed E-state index contributed by atoms with van der Waals surface area (Å²) >= 11 is 0. The third-order valence-electron chi connectivity index (χ3n) is 6.33. The van der Waals surface area contributed by atoms with Gasteiger partial charge < -0.3 is 19.7 Å². The lowest BCUT2D eigenvalue weighted by atomic mass is 9.95. The van der Waals surface area contributed by atoms with Gasteiger partial charge in [-0.3, -0.25) is 4.79 Å². The van der Waals surface area contributed by atoms with Crippen LogP contribution in [0.15, 0.2) is 23.1 Å². The Morgan fingerprint density at radius 1 is 1.06 bits per heavy atom. The molecule has 31 heavy (non-hydrogen) atoms. The minimum Gasteiger partial charge on any atom is -0.493 e. The highest BCUT2D eigenvalue weighted by Gasteiger charge is 2.35. The minimum atomic E-state index is -3.87. The molecule has 1 aliphatic heterocycles. The molecule has 2 aliphatic rings. The summed E-state index contributed by atoms with van der Waals surface area (Å²) in [5.41, 5.74) is 0. The molecule has 1 heterocycles. The van der Waals surface area contributed by atoms with Gasteiger partial charge in [-0.2, -0.15) is 4.31 Å². The second-order valence-electron chi connectivity index (χ2n) is 8.50. The van der Waals surface area contributed by atoms with Crippen LogP contribution in [0.1, 0.15) is 44.9 Å². The molecular weight excluding hydrogens is 418 g/mol. The number of nitrogens with one attached hydrogen (secondary N) is 1. The van der Waals surface area contributed by atoms with E-state index in [0.717, 1.165) is 58.0 Å². The highest BCUT2D eigenvalue weighted by molar-refractivity contribution is 7.89. The lowest BCUT2D eigenvalue weighted by Crippen LogP contribution is -2.50. The Balaban J connectivity index is 1.81. The zero-order valence-electron chi connectivity index (χ0n) is 18.8. The lowest BCUT2D eigenvalue weighted by molar-refractivity contribution is -0.122. The predicted octanol–water partition coefficient (Wildman–Crippen LogP) is 2.24. The lowest BCUT2D eigenvalue weighted by Gasteiger charge is -2.34. The zero-order valence-corrected chi connectivity index (χ0v) is 19.6. The summed E-state index contributed by atoms with van der Waals surface area (Å²) < 4.78 is 39.2. The molecule has 1 saturated heterocycles. The summed E-state index contributed by atoms with van der Waals surface area (Å²) in [5.74, 6) is 0.581. The van der Waals surface area contributed by atoms with Gasteiger partial charge in [-0.25, -0.2) is 8.42 Å². The van der Waals surface area contributed by atoms with Crippen molar-refractivity contribution in [1.29, 1.82) is 0 Å². The fraction of sp³-hybridized carbons (Fsp3) is 0.682. The number of nitrogens with zero attached hydrogens (tertiary/aromatic N) is 2. The summed E-state index contributed by atoms with van der Waals surface area (Å²) in [6.07, 6.45) is 6.35. The number of likely N-dealkylation sites (tertiary alicyclic amines) is 1. The summed E-state index contributed by atoms with van der Waals surface area (Å²) in [6, 6.07) is 4.50. The summed E-state index contributed by atoms with van der Waals surface area (Å²) in [5, 5.41) is 3.06. The standard InChI is InChI=1S/C22H35N3O5S/c1-24-13-11-17(12-14-24)23-22(26)16-25(18-7-5-4-6-8-18)31(27,28)19-9-10-20(29-2)21(15-19)30-3/h9-10,15,17-18H,4-8,11-14,16H2,1-3H3,(H,23,26). The SMILES string of the molecule is COc1ccc(S(=O)(=O)N(CC(=O)NC2CCN(C)CC2)C2CCCCC2)cc1OC. The van der Waals surface area contributed by atoms with Crippen LogP contribution in [0.4, 0.5) is 0 Å². The first-order chi connectivity index (χ1) is 14.8. The fourth-order valence-electron chi connectivity index (χ4n) is 4.46. The topological polar surface area (TPSA) is 88.2 Å². The molecule has 0 atom stereocenters. The molecule has 1 aromatic carbocycles. The Hall–Kier alpha value is -1.84. The number of ether oxygens (including phenoxy) is 2. The van der Waals surface area contributed by atoms with Crippen LogP contribution in [-0.2, 0) is 14.8 Å². The molecule has 8 nitrogen and oxygen atoms in total. The maximum Gasteiger partial charge on any atom is 0.243 e. The Morgan fingerprint density at radius 3 is 2.32 bits per heavy atom. The van der Waals surface area contributed by atoms with Crippen molar-refractivity contribution in [2.75, 3.05) is 40.9 Å². The maximum atomic E-state index is 13.6. The van der Waals surface area contributed by atoms with E-state index in [1.165, 1.54) is 30.7 Å². The van der Waals surface area contributed by atoms with Crippen molar-refractivity contribution < 1.29 is 22.7 Å². The third-order valence-corrected chi connectivity index (χ3v) is 8.22. The van der Waals surface area contributed by atoms with E-state index in [2.05, 4.69) is 17.3 Å². The van der Waals surface area contributed by atoms with Crippen LogP contribution in [0.25, 0.3) is 0 Å². The first-order valence-corrected chi connectivity index (χ1v) is 12.5. The Kier molecular flexibility index (Phi) is 8.18. The largest absolute Gasteiger partial charge is 0.493 e. The van der Waals surface area contributed by atoms with Gasteiger partial charge in [-0.05, 0) is 58.0 Å². The highest BCUT2D eigenvalue weighted by Crippen LogP contribution is 2.33. The van der Waals surface area contributed by atoms with Crippen molar-refractivity contribution in [3.05, 3.63) is 18.2 Å². The van der Waals surface area contributed by atoms with Crippen LogP contribution in [-0.4, -0.2) is 76.5 Å². The van der Waals surface area contributed by atoms with Crippen molar-refractivity contribution in [2.24, 2.45) is 0 Å². The number of hydrogen-bond acceptors (Lipinski definition) is 6. The molecule has 174 valence electrons. The molecule has 0 bridgehead atoms. The molecule has 0 aromatic heterocycles. The van der Waals surface area contributed by atoms with Crippen LogP contribution >= 0.6 is 0 Å². The van der Waals surface area contributed by atoms with E-state index < -0.39 is 10.0 Å². The van der Waals surface area contributed by atoms with Gasteiger partial charge in [0.15, 0.2) is 11.5 Å². The molecule has 1 saturated carbocycles. The Morgan fingerprint density at radius 2 is 1.71 bits per heavy atom. The fourth-order valence-corrected chi connectivity index (χ4v) is 6.12. The first-order valence-electron chi connectivity index (χ1n) is 11.1. The van der Waals surface area contributed by atoms with Gasteiger partial charge in [0.1, 0.15) is 0 Å². The highest BCUT2D eigenvalue weighted by atomic mass is 32.2. The van der Waals surface area contributed by atoms with Gasteiger partial charge in [0.05, 0.1) is 25.7 Å². The van der Waals surface area contributed by atoms with Crippen molar-refractivity contribution in [3.63, 3.8) is 0 Å². The summed E-state index contributed by atoms with van der Waals surface area (Å²) in [4.78, 5) is 15.2. The number of piperidine rings is 1. The monoisotopic (exact) mass is 453 g/mol. The summed E-state index contributed by atoms with van der Waals surface area (Å²) in [7, 11) is 1.18. The molecule has 0 spiro atoms. The molecule has 2 fully saturated rings.